The van der Waals surface area contributed by atoms with E-state index in [1.54, 1.807) is 0 Å². The van der Waals surface area contributed by atoms with Gasteiger partial charge in [-0.25, -0.2) is 9.97 Å². The molecule has 1 aromatic heterocycles. The molecule has 4 rings (SSSR count). The molecule has 18 heavy (non-hydrogen) atoms. The number of aryl methyl sites for hydroxylation is 1. The summed E-state index contributed by atoms with van der Waals surface area (Å²) in [6.07, 6.45) is 3.47. The summed E-state index contributed by atoms with van der Waals surface area (Å²) >= 11 is 0. The number of nitrogens with zero attached hydrogens (tertiary/aromatic N) is 2. The number of ether oxygens (including phenoxy) is 1. The van der Waals surface area contributed by atoms with E-state index in [1.165, 1.54) is 25.9 Å². The van der Waals surface area contributed by atoms with E-state index < -0.39 is 0 Å². The quantitative estimate of drug-likeness (QED) is 0.813. The van der Waals surface area contributed by atoms with Gasteiger partial charge in [0.2, 0.25) is 0 Å². The number of hydrogen-bond acceptors (Lipinski definition) is 4. The first kappa shape index (κ1) is 10.7. The van der Waals surface area contributed by atoms with Gasteiger partial charge in [0.15, 0.2) is 5.75 Å². The minimum atomic E-state index is 0.576. The van der Waals surface area contributed by atoms with Crippen LogP contribution in [0.25, 0.3) is 0 Å². The van der Waals surface area contributed by atoms with Gasteiger partial charge >= 0.3 is 0 Å². The largest absolute Gasteiger partial charge is 0.489 e. The lowest BCUT2D eigenvalue weighted by Crippen LogP contribution is -2.13. The Morgan fingerprint density at radius 1 is 1.17 bits per heavy atom. The summed E-state index contributed by atoms with van der Waals surface area (Å²) in [7, 11) is 0. The molecule has 2 aliphatic heterocycles. The number of hydrogen-bond donors (Lipinski definition) is 1. The highest BCUT2D eigenvalue weighted by Gasteiger charge is 2.39. The van der Waals surface area contributed by atoms with Gasteiger partial charge in [-0.2, -0.15) is 0 Å². The van der Waals surface area contributed by atoms with Gasteiger partial charge in [0.25, 0.3) is 0 Å². The third kappa shape index (κ3) is 1.55. The Morgan fingerprint density at radius 2 is 1.94 bits per heavy atom. The van der Waals surface area contributed by atoms with E-state index in [2.05, 4.69) is 5.32 Å². The van der Waals surface area contributed by atoms with E-state index >= 15 is 0 Å². The van der Waals surface area contributed by atoms with Crippen LogP contribution in [0.3, 0.4) is 0 Å². The monoisotopic (exact) mass is 245 g/mol. The van der Waals surface area contributed by atoms with Crippen molar-refractivity contribution in [3.05, 3.63) is 17.2 Å². The first-order valence-corrected chi connectivity index (χ1v) is 7.02. The minimum Gasteiger partial charge on any atom is -0.489 e. The van der Waals surface area contributed by atoms with Gasteiger partial charge in [-0.3, -0.25) is 0 Å². The predicted octanol–water partition coefficient (Wildman–Crippen LogP) is 1.43. The van der Waals surface area contributed by atoms with Crippen LogP contribution < -0.4 is 10.1 Å². The van der Waals surface area contributed by atoms with Crippen molar-refractivity contribution < 1.29 is 4.74 Å². The topological polar surface area (TPSA) is 47.0 Å². The number of rotatable bonds is 1. The van der Waals surface area contributed by atoms with Crippen LogP contribution in [0.1, 0.15) is 36.0 Å². The number of fused-ring (bicyclic) bond motifs is 2. The fourth-order valence-electron chi connectivity index (χ4n) is 3.81. The van der Waals surface area contributed by atoms with E-state index in [0.717, 1.165) is 47.8 Å². The SMILES string of the molecule is Cc1nc(C2CC3CNCC3C2)nc2c1OCC2. The molecule has 96 valence electrons. The predicted molar refractivity (Wildman–Crippen MR) is 67.8 cm³/mol. The summed E-state index contributed by atoms with van der Waals surface area (Å²) in [5.74, 6) is 4.29. The Balaban J connectivity index is 1.64. The van der Waals surface area contributed by atoms with E-state index in [4.69, 9.17) is 14.7 Å². The van der Waals surface area contributed by atoms with Gasteiger partial charge in [0.05, 0.1) is 18.0 Å². The summed E-state index contributed by atoms with van der Waals surface area (Å²) in [4.78, 5) is 9.46. The van der Waals surface area contributed by atoms with Crippen LogP contribution in [0, 0.1) is 18.8 Å². The molecule has 1 aromatic rings. The Morgan fingerprint density at radius 3 is 2.72 bits per heavy atom. The first-order chi connectivity index (χ1) is 8.81. The van der Waals surface area contributed by atoms with E-state index in [-0.39, 0.29) is 0 Å². The molecular weight excluding hydrogens is 226 g/mol. The molecular formula is C14H19N3O. The molecule has 3 aliphatic rings. The highest BCUT2D eigenvalue weighted by atomic mass is 16.5. The molecule has 4 nitrogen and oxygen atoms in total. The second-order valence-electron chi connectivity index (χ2n) is 5.89. The third-order valence-electron chi connectivity index (χ3n) is 4.73. The van der Waals surface area contributed by atoms with E-state index in [1.807, 2.05) is 6.92 Å². The normalized spacial score (nSPS) is 33.3. The fourth-order valence-corrected chi connectivity index (χ4v) is 3.81. The maximum atomic E-state index is 5.59. The Labute approximate surface area is 107 Å². The molecule has 2 atom stereocenters. The molecule has 2 fully saturated rings. The van der Waals surface area contributed by atoms with Crippen molar-refractivity contribution in [1.82, 2.24) is 15.3 Å². The van der Waals surface area contributed by atoms with Gasteiger partial charge in [0, 0.05) is 12.3 Å². The molecule has 4 heteroatoms. The molecule has 0 radical (unpaired) electrons. The van der Waals surface area contributed by atoms with Crippen molar-refractivity contribution in [2.24, 2.45) is 11.8 Å². The lowest BCUT2D eigenvalue weighted by molar-refractivity contribution is 0.353. The average Bonchev–Trinajstić information content (AvgIpc) is 3.02. The van der Waals surface area contributed by atoms with E-state index in [0.29, 0.717) is 5.92 Å². The lowest BCUT2D eigenvalue weighted by atomic mass is 10.0. The van der Waals surface area contributed by atoms with Crippen molar-refractivity contribution in [1.29, 1.82) is 0 Å². The van der Waals surface area contributed by atoms with Crippen LogP contribution in [-0.4, -0.2) is 29.7 Å². The van der Waals surface area contributed by atoms with Crippen molar-refractivity contribution in [2.75, 3.05) is 19.7 Å². The molecule has 0 bridgehead atoms. The first-order valence-electron chi connectivity index (χ1n) is 7.02. The van der Waals surface area contributed by atoms with Crippen molar-refractivity contribution in [3.63, 3.8) is 0 Å². The lowest BCUT2D eigenvalue weighted by Gasteiger charge is -2.12. The van der Waals surface area contributed by atoms with Crippen LogP contribution in [0.5, 0.6) is 5.75 Å². The van der Waals surface area contributed by atoms with Gasteiger partial charge in [0.1, 0.15) is 5.82 Å². The molecule has 1 N–H and O–H groups in total. The minimum absolute atomic E-state index is 0.576. The smallest absolute Gasteiger partial charge is 0.162 e. The second kappa shape index (κ2) is 3.92. The van der Waals surface area contributed by atoms with Crippen molar-refractivity contribution in [3.8, 4) is 5.75 Å². The number of nitrogens with one attached hydrogen (secondary N) is 1. The zero-order chi connectivity index (χ0) is 12.1. The molecule has 1 saturated heterocycles. The van der Waals surface area contributed by atoms with Gasteiger partial charge in [-0.05, 0) is 44.7 Å². The molecule has 0 aromatic carbocycles. The molecule has 2 unspecified atom stereocenters. The zero-order valence-electron chi connectivity index (χ0n) is 10.8. The van der Waals surface area contributed by atoms with Gasteiger partial charge < -0.3 is 10.1 Å². The standard InChI is InChI=1S/C14H19N3O/c1-8-13-12(2-3-18-13)17-14(16-8)9-4-10-6-15-7-11(10)5-9/h9-11,15H,2-7H2,1H3. The van der Waals surface area contributed by atoms with Crippen LogP contribution in [0.2, 0.25) is 0 Å². The average molecular weight is 245 g/mol. The summed E-state index contributed by atoms with van der Waals surface area (Å²) < 4.78 is 5.59. The van der Waals surface area contributed by atoms with Crippen LogP contribution in [-0.2, 0) is 6.42 Å². The molecule has 0 amide bonds. The Bertz CT molecular complexity index is 476. The summed E-state index contributed by atoms with van der Waals surface area (Å²) in [5, 5.41) is 3.49. The van der Waals surface area contributed by atoms with Crippen LogP contribution >= 0.6 is 0 Å². The summed E-state index contributed by atoms with van der Waals surface area (Å²) in [5.41, 5.74) is 2.16. The van der Waals surface area contributed by atoms with Crippen LogP contribution in [0.15, 0.2) is 0 Å². The zero-order valence-corrected chi connectivity index (χ0v) is 10.8. The van der Waals surface area contributed by atoms with Crippen LogP contribution in [0.4, 0.5) is 0 Å². The number of aromatic nitrogens is 2. The van der Waals surface area contributed by atoms with Crippen molar-refractivity contribution in [2.45, 2.75) is 32.1 Å². The second-order valence-corrected chi connectivity index (χ2v) is 5.89. The molecule has 1 saturated carbocycles. The van der Waals surface area contributed by atoms with Crippen molar-refractivity contribution >= 4 is 0 Å². The molecule has 1 aliphatic carbocycles. The van der Waals surface area contributed by atoms with E-state index in [9.17, 15) is 0 Å². The highest BCUT2D eigenvalue weighted by molar-refractivity contribution is 5.36. The maximum absolute atomic E-state index is 5.59. The highest BCUT2D eigenvalue weighted by Crippen LogP contribution is 2.43. The fraction of sp³-hybridized carbons (Fsp3) is 0.714. The molecule has 3 heterocycles. The third-order valence-corrected chi connectivity index (χ3v) is 4.73. The molecule has 0 spiro atoms. The summed E-state index contributed by atoms with van der Waals surface area (Å²) in [6.45, 7) is 5.20. The summed E-state index contributed by atoms with van der Waals surface area (Å²) in [6, 6.07) is 0. The van der Waals surface area contributed by atoms with Gasteiger partial charge in [-0.1, -0.05) is 0 Å². The van der Waals surface area contributed by atoms with Gasteiger partial charge in [-0.15, -0.1) is 0 Å². The Kier molecular flexibility index (Phi) is 2.34. The maximum Gasteiger partial charge on any atom is 0.162 e. The Hall–Kier alpha value is -1.16.